The third-order valence-electron chi connectivity index (χ3n) is 3.23. The number of rotatable bonds is 6. The molecule has 0 aliphatic rings. The summed E-state index contributed by atoms with van der Waals surface area (Å²) in [5.74, 6) is 0. The highest BCUT2D eigenvalue weighted by Crippen LogP contribution is 2.35. The van der Waals surface area contributed by atoms with Gasteiger partial charge in [0.1, 0.15) is 0 Å². The number of thiophene rings is 2. The summed E-state index contributed by atoms with van der Waals surface area (Å²) in [5.41, 5.74) is 1.16. The van der Waals surface area contributed by atoms with E-state index in [4.69, 9.17) is 0 Å². The minimum atomic E-state index is 0.186. The van der Waals surface area contributed by atoms with E-state index in [1.165, 1.54) is 14.3 Å². The normalized spacial score (nSPS) is 13.1. The van der Waals surface area contributed by atoms with Gasteiger partial charge in [0.25, 0.3) is 0 Å². The molecule has 0 aliphatic carbocycles. The number of nitrogens with one attached hydrogen (secondary N) is 1. The van der Waals surface area contributed by atoms with Gasteiger partial charge in [-0.1, -0.05) is 19.1 Å². The van der Waals surface area contributed by atoms with Gasteiger partial charge in [-0.05, 0) is 30.5 Å². The van der Waals surface area contributed by atoms with Crippen LogP contribution >= 0.6 is 22.7 Å². The number of nitrogens with zero attached hydrogens (tertiary/aromatic N) is 3. The molecule has 1 unspecified atom stereocenters. The van der Waals surface area contributed by atoms with Crippen LogP contribution in [0.4, 0.5) is 0 Å². The molecule has 0 aromatic carbocycles. The van der Waals surface area contributed by atoms with Crippen LogP contribution in [-0.2, 0) is 6.54 Å². The van der Waals surface area contributed by atoms with Crippen LogP contribution in [0.1, 0.15) is 36.9 Å². The first-order valence-corrected chi connectivity index (χ1v) is 8.61. The fraction of sp³-hybridized carbons (Fsp3) is 0.429. The van der Waals surface area contributed by atoms with E-state index in [-0.39, 0.29) is 6.04 Å². The minimum Gasteiger partial charge on any atom is -0.305 e. The Morgan fingerprint density at radius 3 is 3.00 bits per heavy atom. The van der Waals surface area contributed by atoms with Crippen molar-refractivity contribution in [1.82, 2.24) is 20.3 Å². The van der Waals surface area contributed by atoms with Crippen molar-refractivity contribution in [1.29, 1.82) is 0 Å². The molecule has 3 aromatic heterocycles. The molecule has 106 valence electrons. The van der Waals surface area contributed by atoms with Crippen molar-refractivity contribution in [3.05, 3.63) is 34.3 Å². The van der Waals surface area contributed by atoms with Gasteiger partial charge < -0.3 is 5.32 Å². The van der Waals surface area contributed by atoms with Crippen LogP contribution in [0.15, 0.2) is 23.7 Å². The first-order chi connectivity index (χ1) is 9.83. The third-order valence-corrected chi connectivity index (χ3v) is 5.39. The van der Waals surface area contributed by atoms with Crippen molar-refractivity contribution in [3.63, 3.8) is 0 Å². The van der Waals surface area contributed by atoms with E-state index < -0.39 is 0 Å². The quantitative estimate of drug-likeness (QED) is 0.755. The second-order valence-corrected chi connectivity index (χ2v) is 6.73. The van der Waals surface area contributed by atoms with Crippen molar-refractivity contribution >= 4 is 32.1 Å². The Bertz CT molecular complexity index is 654. The molecule has 0 saturated carbocycles. The molecule has 20 heavy (non-hydrogen) atoms. The van der Waals surface area contributed by atoms with Crippen molar-refractivity contribution in [2.24, 2.45) is 0 Å². The number of aromatic nitrogens is 3. The first kappa shape index (κ1) is 13.7. The molecule has 0 aliphatic heterocycles. The van der Waals surface area contributed by atoms with E-state index >= 15 is 0 Å². The number of fused-ring (bicyclic) bond motifs is 1. The maximum Gasteiger partial charge on any atom is 0.0859 e. The van der Waals surface area contributed by atoms with Gasteiger partial charge in [-0.3, -0.25) is 0 Å². The molecule has 0 fully saturated rings. The monoisotopic (exact) mass is 306 g/mol. The van der Waals surface area contributed by atoms with E-state index in [2.05, 4.69) is 47.0 Å². The summed E-state index contributed by atoms with van der Waals surface area (Å²) < 4.78 is 4.74. The first-order valence-electron chi connectivity index (χ1n) is 6.92. The Kier molecular flexibility index (Phi) is 4.14. The second-order valence-electron chi connectivity index (χ2n) is 4.67. The molecule has 1 atom stereocenters. The van der Waals surface area contributed by atoms with Crippen LogP contribution in [-0.4, -0.2) is 21.5 Å². The molecule has 0 saturated heterocycles. The molecule has 1 N–H and O–H groups in total. The van der Waals surface area contributed by atoms with Crippen LogP contribution in [0.25, 0.3) is 9.40 Å². The van der Waals surface area contributed by atoms with E-state index in [1.54, 1.807) is 11.3 Å². The smallest absolute Gasteiger partial charge is 0.0859 e. The van der Waals surface area contributed by atoms with Gasteiger partial charge >= 0.3 is 0 Å². The van der Waals surface area contributed by atoms with Gasteiger partial charge in [0, 0.05) is 20.8 Å². The van der Waals surface area contributed by atoms with Crippen molar-refractivity contribution < 1.29 is 0 Å². The predicted molar refractivity (Wildman–Crippen MR) is 85.5 cm³/mol. The van der Waals surface area contributed by atoms with E-state index in [0.717, 1.165) is 25.2 Å². The van der Waals surface area contributed by atoms with Gasteiger partial charge in [0.15, 0.2) is 0 Å². The SMILES string of the molecule is CCCn1nncc1C(NCC)c1cc2sccc2s1. The average Bonchev–Trinajstić information content (AvgIpc) is 3.11. The predicted octanol–water partition coefficient (Wildman–Crippen LogP) is 3.66. The molecule has 4 nitrogen and oxygen atoms in total. The van der Waals surface area contributed by atoms with E-state index in [1.807, 2.05) is 22.2 Å². The highest BCUT2D eigenvalue weighted by Gasteiger charge is 2.20. The molecule has 3 aromatic rings. The largest absolute Gasteiger partial charge is 0.305 e. The number of hydrogen-bond acceptors (Lipinski definition) is 5. The highest BCUT2D eigenvalue weighted by molar-refractivity contribution is 7.27. The molecule has 0 bridgehead atoms. The zero-order chi connectivity index (χ0) is 13.9. The molecule has 3 rings (SSSR count). The number of aryl methyl sites for hydroxylation is 1. The van der Waals surface area contributed by atoms with Crippen LogP contribution in [0.2, 0.25) is 0 Å². The fourth-order valence-electron chi connectivity index (χ4n) is 2.36. The molecule has 3 heterocycles. The van der Waals surface area contributed by atoms with Crippen LogP contribution < -0.4 is 5.32 Å². The fourth-order valence-corrected chi connectivity index (χ4v) is 4.56. The lowest BCUT2D eigenvalue weighted by atomic mass is 10.1. The van der Waals surface area contributed by atoms with Gasteiger partial charge in [-0.2, -0.15) is 0 Å². The molecular weight excluding hydrogens is 288 g/mol. The maximum atomic E-state index is 4.21. The maximum absolute atomic E-state index is 4.21. The lowest BCUT2D eigenvalue weighted by molar-refractivity contribution is 0.515. The lowest BCUT2D eigenvalue weighted by Gasteiger charge is -2.17. The minimum absolute atomic E-state index is 0.186. The Labute approximate surface area is 126 Å². The zero-order valence-electron chi connectivity index (χ0n) is 11.7. The van der Waals surface area contributed by atoms with Crippen molar-refractivity contribution in [2.45, 2.75) is 32.9 Å². The van der Waals surface area contributed by atoms with Gasteiger partial charge in [-0.25, -0.2) is 4.68 Å². The Morgan fingerprint density at radius 2 is 2.25 bits per heavy atom. The van der Waals surface area contributed by atoms with Crippen molar-refractivity contribution in [3.8, 4) is 0 Å². The summed E-state index contributed by atoms with van der Waals surface area (Å²) in [4.78, 5) is 1.34. The molecule has 6 heteroatoms. The summed E-state index contributed by atoms with van der Waals surface area (Å²) >= 11 is 3.66. The van der Waals surface area contributed by atoms with Gasteiger partial charge in [-0.15, -0.1) is 27.8 Å². The summed E-state index contributed by atoms with van der Waals surface area (Å²) in [7, 11) is 0. The standard InChI is InChI=1S/C14H18N4S2/c1-3-6-18-10(9-16-17-18)14(15-4-2)13-8-12-11(20-13)5-7-19-12/h5,7-9,14-15H,3-4,6H2,1-2H3. The zero-order valence-corrected chi connectivity index (χ0v) is 13.3. The molecular formula is C14H18N4S2. The third kappa shape index (κ3) is 2.51. The Morgan fingerprint density at radius 1 is 1.35 bits per heavy atom. The second kappa shape index (κ2) is 6.03. The molecule has 0 radical (unpaired) electrons. The topological polar surface area (TPSA) is 42.7 Å². The molecule has 0 spiro atoms. The van der Waals surface area contributed by atoms with E-state index in [9.17, 15) is 0 Å². The summed E-state index contributed by atoms with van der Waals surface area (Å²) in [6.45, 7) is 6.14. The van der Waals surface area contributed by atoms with Gasteiger partial charge in [0.2, 0.25) is 0 Å². The average molecular weight is 306 g/mol. The number of hydrogen-bond donors (Lipinski definition) is 1. The highest BCUT2D eigenvalue weighted by atomic mass is 32.1. The summed E-state index contributed by atoms with van der Waals surface area (Å²) in [6, 6.07) is 4.67. The summed E-state index contributed by atoms with van der Waals surface area (Å²) in [6.07, 6.45) is 2.95. The van der Waals surface area contributed by atoms with Crippen LogP contribution in [0.3, 0.4) is 0 Å². The van der Waals surface area contributed by atoms with Gasteiger partial charge in [0.05, 0.1) is 17.9 Å². The Hall–Kier alpha value is -1.24. The van der Waals surface area contributed by atoms with Crippen LogP contribution in [0, 0.1) is 0 Å². The van der Waals surface area contributed by atoms with Crippen LogP contribution in [0.5, 0.6) is 0 Å². The van der Waals surface area contributed by atoms with Crippen molar-refractivity contribution in [2.75, 3.05) is 6.54 Å². The Balaban J connectivity index is 1.99. The molecule has 0 amide bonds. The summed E-state index contributed by atoms with van der Waals surface area (Å²) in [5, 5.41) is 14.0. The lowest BCUT2D eigenvalue weighted by Crippen LogP contribution is -2.24. The van der Waals surface area contributed by atoms with E-state index in [0.29, 0.717) is 0 Å².